The molecule has 0 unspecified atom stereocenters. The van der Waals surface area contributed by atoms with Crippen LogP contribution < -0.4 is 0 Å². The fourth-order valence-electron chi connectivity index (χ4n) is 1.75. The average molecular weight is 386 g/mol. The van der Waals surface area contributed by atoms with E-state index >= 15 is 0 Å². The number of rotatable bonds is 1. The summed E-state index contributed by atoms with van der Waals surface area (Å²) in [7, 11) is 0. The Morgan fingerprint density at radius 2 is 1.50 bits per heavy atom. The normalized spacial score (nSPS) is 10.0. The van der Waals surface area contributed by atoms with Gasteiger partial charge in [-0.15, -0.1) is 0 Å². The van der Waals surface area contributed by atoms with Crippen LogP contribution in [-0.4, -0.2) is 9.55 Å². The quantitative estimate of drug-likeness (QED) is 0.629. The van der Waals surface area contributed by atoms with Crippen molar-refractivity contribution in [1.82, 2.24) is 9.55 Å². The fourth-order valence-corrected chi connectivity index (χ4v) is 1.75. The first kappa shape index (κ1) is 11.1. The van der Waals surface area contributed by atoms with Gasteiger partial charge in [0.25, 0.3) is 0 Å². The molecule has 1 heterocycles. The van der Waals surface area contributed by atoms with E-state index in [4.69, 9.17) is 0 Å². The van der Waals surface area contributed by atoms with Crippen LogP contribution in [0.2, 0.25) is 0 Å². The second kappa shape index (κ2) is 4.60. The van der Waals surface area contributed by atoms with Crippen molar-refractivity contribution in [3.63, 3.8) is 0 Å². The van der Waals surface area contributed by atoms with Crippen LogP contribution in [0.3, 0.4) is 0 Å². The van der Waals surface area contributed by atoms with Crippen molar-refractivity contribution >= 4 is 11.0 Å². The molecular weight excluding hydrogens is 376 g/mol. The summed E-state index contributed by atoms with van der Waals surface area (Å²) < 4.78 is 2.09. The third-order valence-electron chi connectivity index (χ3n) is 2.49. The van der Waals surface area contributed by atoms with Gasteiger partial charge >= 0.3 is 0 Å². The molecule has 0 saturated carbocycles. The molecular formula is C13H10IrN2. The SMILES string of the molecule is [Ir].c1ccc(-n2cnc3ccccc32)cc1. The van der Waals surface area contributed by atoms with Gasteiger partial charge in [-0.3, -0.25) is 4.57 Å². The Balaban J connectivity index is 0.000000963. The van der Waals surface area contributed by atoms with E-state index in [1.807, 2.05) is 42.7 Å². The van der Waals surface area contributed by atoms with Crippen LogP contribution in [0.1, 0.15) is 0 Å². The number of para-hydroxylation sites is 3. The zero-order valence-corrected chi connectivity index (χ0v) is 10.9. The molecule has 0 aliphatic carbocycles. The van der Waals surface area contributed by atoms with Gasteiger partial charge < -0.3 is 0 Å². The van der Waals surface area contributed by atoms with Crippen molar-refractivity contribution in [2.45, 2.75) is 0 Å². The van der Waals surface area contributed by atoms with Crippen LogP contribution in [0.15, 0.2) is 60.9 Å². The summed E-state index contributed by atoms with van der Waals surface area (Å²) in [6.45, 7) is 0. The van der Waals surface area contributed by atoms with Gasteiger partial charge in [-0.2, -0.15) is 0 Å². The molecule has 0 N–H and O–H groups in total. The largest absolute Gasteiger partial charge is 0.299 e. The number of benzene rings is 2. The van der Waals surface area contributed by atoms with Crippen molar-refractivity contribution in [2.75, 3.05) is 0 Å². The van der Waals surface area contributed by atoms with Crippen molar-refractivity contribution in [2.24, 2.45) is 0 Å². The maximum Gasteiger partial charge on any atom is 0.100 e. The van der Waals surface area contributed by atoms with Crippen molar-refractivity contribution < 1.29 is 20.1 Å². The first-order valence-electron chi connectivity index (χ1n) is 4.93. The fraction of sp³-hybridized carbons (Fsp3) is 0. The molecule has 81 valence electrons. The third kappa shape index (κ3) is 1.80. The molecule has 2 aromatic carbocycles. The maximum absolute atomic E-state index is 4.36. The Bertz CT molecular complexity index is 587. The van der Waals surface area contributed by atoms with Gasteiger partial charge in [0.1, 0.15) is 6.33 Å². The zero-order valence-electron chi connectivity index (χ0n) is 8.50. The van der Waals surface area contributed by atoms with Crippen LogP contribution in [-0.2, 0) is 20.1 Å². The molecule has 0 saturated heterocycles. The van der Waals surface area contributed by atoms with Gasteiger partial charge in [-0.25, -0.2) is 4.98 Å². The summed E-state index contributed by atoms with van der Waals surface area (Å²) in [5.74, 6) is 0. The maximum atomic E-state index is 4.36. The van der Waals surface area contributed by atoms with E-state index in [0.717, 1.165) is 16.7 Å². The molecule has 3 heteroatoms. The second-order valence-corrected chi connectivity index (χ2v) is 3.44. The van der Waals surface area contributed by atoms with Gasteiger partial charge in [0, 0.05) is 25.8 Å². The van der Waals surface area contributed by atoms with E-state index < -0.39 is 0 Å². The molecule has 0 fully saturated rings. The number of nitrogens with zero attached hydrogens (tertiary/aromatic N) is 2. The second-order valence-electron chi connectivity index (χ2n) is 3.44. The minimum absolute atomic E-state index is 0. The van der Waals surface area contributed by atoms with Crippen molar-refractivity contribution in [1.29, 1.82) is 0 Å². The van der Waals surface area contributed by atoms with Gasteiger partial charge in [0.15, 0.2) is 0 Å². The Morgan fingerprint density at radius 1 is 0.812 bits per heavy atom. The summed E-state index contributed by atoms with van der Waals surface area (Å²) in [5, 5.41) is 0. The molecule has 1 radical (unpaired) electrons. The Kier molecular flexibility index (Phi) is 3.18. The molecule has 0 aliphatic rings. The predicted octanol–water partition coefficient (Wildman–Crippen LogP) is 3.02. The van der Waals surface area contributed by atoms with Gasteiger partial charge in [-0.05, 0) is 24.3 Å². The van der Waals surface area contributed by atoms with E-state index in [-0.39, 0.29) is 20.1 Å². The number of aromatic nitrogens is 2. The van der Waals surface area contributed by atoms with Crippen LogP contribution in [0, 0.1) is 0 Å². The number of fused-ring (bicyclic) bond motifs is 1. The standard InChI is InChI=1S/C13H10N2.Ir/c1-2-6-11(7-3-1)15-10-14-12-8-4-5-9-13(12)15;/h1-10H;. The Morgan fingerprint density at radius 3 is 2.31 bits per heavy atom. The van der Waals surface area contributed by atoms with Crippen LogP contribution in [0.4, 0.5) is 0 Å². The van der Waals surface area contributed by atoms with Gasteiger partial charge in [0.05, 0.1) is 11.0 Å². The molecule has 0 spiro atoms. The van der Waals surface area contributed by atoms with Crippen LogP contribution in [0.25, 0.3) is 16.7 Å². The molecule has 16 heavy (non-hydrogen) atoms. The molecule has 3 aromatic rings. The Labute approximate surface area is 107 Å². The number of hydrogen-bond acceptors (Lipinski definition) is 1. The van der Waals surface area contributed by atoms with Crippen molar-refractivity contribution in [3.8, 4) is 5.69 Å². The Hall–Kier alpha value is -1.44. The number of imidazole rings is 1. The summed E-state index contributed by atoms with van der Waals surface area (Å²) in [6, 6.07) is 18.4. The topological polar surface area (TPSA) is 17.8 Å². The minimum atomic E-state index is 0. The van der Waals surface area contributed by atoms with E-state index in [1.54, 1.807) is 0 Å². The average Bonchev–Trinajstić information content (AvgIpc) is 2.74. The van der Waals surface area contributed by atoms with E-state index in [2.05, 4.69) is 27.8 Å². The molecule has 0 aliphatic heterocycles. The van der Waals surface area contributed by atoms with Gasteiger partial charge in [0.2, 0.25) is 0 Å². The molecule has 0 amide bonds. The van der Waals surface area contributed by atoms with E-state index in [0.29, 0.717) is 0 Å². The van der Waals surface area contributed by atoms with Crippen LogP contribution in [0.5, 0.6) is 0 Å². The predicted molar refractivity (Wildman–Crippen MR) is 61.1 cm³/mol. The molecule has 0 atom stereocenters. The van der Waals surface area contributed by atoms with Gasteiger partial charge in [-0.1, -0.05) is 30.3 Å². The summed E-state index contributed by atoms with van der Waals surface area (Å²) in [5.41, 5.74) is 3.32. The third-order valence-corrected chi connectivity index (χ3v) is 2.49. The van der Waals surface area contributed by atoms with Crippen molar-refractivity contribution in [3.05, 3.63) is 60.9 Å². The summed E-state index contributed by atoms with van der Waals surface area (Å²) >= 11 is 0. The molecule has 1 aromatic heterocycles. The zero-order chi connectivity index (χ0) is 10.1. The van der Waals surface area contributed by atoms with Crippen LogP contribution >= 0.6 is 0 Å². The molecule has 0 bridgehead atoms. The first-order chi connectivity index (χ1) is 7.45. The summed E-state index contributed by atoms with van der Waals surface area (Å²) in [4.78, 5) is 4.36. The minimum Gasteiger partial charge on any atom is -0.299 e. The van der Waals surface area contributed by atoms with E-state index in [9.17, 15) is 0 Å². The smallest absolute Gasteiger partial charge is 0.100 e. The molecule has 2 nitrogen and oxygen atoms in total. The monoisotopic (exact) mass is 387 g/mol. The summed E-state index contributed by atoms with van der Waals surface area (Å²) in [6.07, 6.45) is 1.86. The first-order valence-corrected chi connectivity index (χ1v) is 4.93. The van der Waals surface area contributed by atoms with E-state index in [1.165, 1.54) is 0 Å². The molecule has 3 rings (SSSR count). The number of hydrogen-bond donors (Lipinski definition) is 0.